The number of unbranched alkanes of at least 4 members (excludes halogenated alkanes) is 11. The lowest BCUT2D eigenvalue weighted by atomic mass is 9.84. The summed E-state index contributed by atoms with van der Waals surface area (Å²) in [6.07, 6.45) is 15.5. The van der Waals surface area contributed by atoms with Crippen LogP contribution in [0.15, 0.2) is 0 Å². The van der Waals surface area contributed by atoms with E-state index in [0.717, 1.165) is 19.3 Å². The topological polar surface area (TPSA) is 78.9 Å². The van der Waals surface area contributed by atoms with E-state index in [2.05, 4.69) is 6.92 Å². The summed E-state index contributed by atoms with van der Waals surface area (Å²) in [4.78, 5) is 38.0. The van der Waals surface area contributed by atoms with Crippen LogP contribution in [0.2, 0.25) is 0 Å². The smallest absolute Gasteiger partial charge is 0.361 e. The first-order chi connectivity index (χ1) is 19.4. The third-order valence-corrected chi connectivity index (χ3v) is 6.99. The van der Waals surface area contributed by atoms with Gasteiger partial charge in [-0.15, -0.1) is 0 Å². The Labute approximate surface area is 258 Å². The van der Waals surface area contributed by atoms with Gasteiger partial charge in [-0.2, -0.15) is 0 Å². The molecule has 0 rings (SSSR count). The van der Waals surface area contributed by atoms with Crippen LogP contribution in [-0.4, -0.2) is 134 Å². The number of nitrogens with zero attached hydrogens (tertiary/aromatic N) is 3. The van der Waals surface area contributed by atoms with Crippen LogP contribution in [0.1, 0.15) is 90.4 Å². The van der Waals surface area contributed by atoms with Gasteiger partial charge in [0.25, 0.3) is 0 Å². The molecule has 248 valence electrons. The van der Waals surface area contributed by atoms with Crippen molar-refractivity contribution in [3.8, 4) is 0 Å². The standard InChI is InChI=1S/C33H68N3O6/c1-11-12-13-14-15-16-17-18-19-20-21-22-23-33(27-40-30(37)24-34(2,3)4,28-41-31(38)25-35(5,6)7)29-42-32(39)26-36(8,9)10/h11-29H2,1-10H3/q+3. The van der Waals surface area contributed by atoms with E-state index in [1.807, 2.05) is 63.4 Å². The first kappa shape index (κ1) is 40.3. The number of ether oxygens (including phenoxy) is 3. The van der Waals surface area contributed by atoms with Crippen molar-refractivity contribution in [1.82, 2.24) is 0 Å². The fourth-order valence-corrected chi connectivity index (χ4v) is 4.68. The van der Waals surface area contributed by atoms with Crippen molar-refractivity contribution in [1.29, 1.82) is 0 Å². The molecule has 0 aromatic carbocycles. The van der Waals surface area contributed by atoms with Crippen LogP contribution >= 0.6 is 0 Å². The Morgan fingerprint density at radius 1 is 0.452 bits per heavy atom. The quantitative estimate of drug-likeness (QED) is 0.0646. The minimum atomic E-state index is -0.792. The molecule has 0 bridgehead atoms. The molecule has 0 unspecified atom stereocenters. The highest BCUT2D eigenvalue weighted by Crippen LogP contribution is 2.28. The van der Waals surface area contributed by atoms with Gasteiger partial charge >= 0.3 is 17.9 Å². The normalized spacial score (nSPS) is 12.7. The number of quaternary nitrogens is 3. The molecule has 0 heterocycles. The molecule has 9 heteroatoms. The number of rotatable bonds is 25. The van der Waals surface area contributed by atoms with Gasteiger partial charge in [-0.1, -0.05) is 84.0 Å². The lowest BCUT2D eigenvalue weighted by Gasteiger charge is -2.33. The maximum absolute atomic E-state index is 12.7. The summed E-state index contributed by atoms with van der Waals surface area (Å²) in [5.74, 6) is -0.967. The van der Waals surface area contributed by atoms with E-state index in [0.29, 0.717) is 19.9 Å². The third kappa shape index (κ3) is 24.8. The molecule has 0 spiro atoms. The van der Waals surface area contributed by atoms with Gasteiger partial charge in [0.05, 0.1) is 68.8 Å². The number of carbonyl (C=O) groups excluding carboxylic acids is 3. The minimum Gasteiger partial charge on any atom is -0.461 e. The summed E-state index contributed by atoms with van der Waals surface area (Å²) in [5, 5.41) is 0. The molecule has 0 saturated carbocycles. The van der Waals surface area contributed by atoms with E-state index in [-0.39, 0.29) is 57.4 Å². The number of likely N-dealkylation sites (N-methyl/N-ethyl adjacent to an activating group) is 3. The molecule has 0 aromatic heterocycles. The maximum atomic E-state index is 12.7. The van der Waals surface area contributed by atoms with Gasteiger partial charge in [0, 0.05) is 0 Å². The van der Waals surface area contributed by atoms with Crippen molar-refractivity contribution in [3.63, 3.8) is 0 Å². The molecule has 42 heavy (non-hydrogen) atoms. The van der Waals surface area contributed by atoms with E-state index in [1.165, 1.54) is 57.8 Å². The summed E-state index contributed by atoms with van der Waals surface area (Å²) >= 11 is 0. The molecule has 0 N–H and O–H groups in total. The van der Waals surface area contributed by atoms with Gasteiger partial charge in [0.1, 0.15) is 19.8 Å². The molecular weight excluding hydrogens is 534 g/mol. The van der Waals surface area contributed by atoms with Crippen molar-refractivity contribution >= 4 is 17.9 Å². The van der Waals surface area contributed by atoms with Crippen LogP contribution in [0.25, 0.3) is 0 Å². The van der Waals surface area contributed by atoms with Gasteiger partial charge in [-0.3, -0.25) is 0 Å². The van der Waals surface area contributed by atoms with Crippen LogP contribution < -0.4 is 0 Å². The van der Waals surface area contributed by atoms with Crippen LogP contribution in [0, 0.1) is 5.41 Å². The van der Waals surface area contributed by atoms with E-state index in [1.54, 1.807) is 0 Å². The monoisotopic (exact) mass is 603 g/mol. The maximum Gasteiger partial charge on any atom is 0.361 e. The molecule has 0 aliphatic heterocycles. The third-order valence-electron chi connectivity index (χ3n) is 6.99. The lowest BCUT2D eigenvalue weighted by molar-refractivity contribution is -0.862. The van der Waals surface area contributed by atoms with Crippen LogP contribution in [0.5, 0.6) is 0 Å². The molecule has 0 atom stereocenters. The van der Waals surface area contributed by atoms with Crippen molar-refractivity contribution in [2.75, 3.05) is 103 Å². The van der Waals surface area contributed by atoms with Gasteiger partial charge in [0.2, 0.25) is 0 Å². The molecule has 0 saturated heterocycles. The van der Waals surface area contributed by atoms with Crippen LogP contribution in [0.3, 0.4) is 0 Å². The van der Waals surface area contributed by atoms with Gasteiger partial charge < -0.3 is 27.7 Å². The van der Waals surface area contributed by atoms with Crippen LogP contribution in [0.4, 0.5) is 0 Å². The molecule has 0 amide bonds. The summed E-state index contributed by atoms with van der Waals surface area (Å²) in [6, 6.07) is 0. The second-order valence-corrected chi connectivity index (χ2v) is 15.5. The number of esters is 3. The number of hydrogen-bond donors (Lipinski definition) is 0. The second-order valence-electron chi connectivity index (χ2n) is 15.5. The van der Waals surface area contributed by atoms with E-state index < -0.39 is 5.41 Å². The summed E-state index contributed by atoms with van der Waals surface area (Å²) in [6.45, 7) is 3.03. The van der Waals surface area contributed by atoms with Gasteiger partial charge in [0.15, 0.2) is 19.6 Å². The van der Waals surface area contributed by atoms with E-state index >= 15 is 0 Å². The Morgan fingerprint density at radius 3 is 0.976 bits per heavy atom. The Bertz CT molecular complexity index is 686. The molecule has 9 nitrogen and oxygen atoms in total. The molecule has 0 radical (unpaired) electrons. The Hall–Kier alpha value is -1.71. The van der Waals surface area contributed by atoms with Gasteiger partial charge in [-0.25, -0.2) is 14.4 Å². The molecule has 0 aromatic rings. The zero-order valence-corrected chi connectivity index (χ0v) is 29.2. The fourth-order valence-electron chi connectivity index (χ4n) is 4.68. The Balaban J connectivity index is 5.31. The summed E-state index contributed by atoms with van der Waals surface area (Å²) < 4.78 is 18.6. The Morgan fingerprint density at radius 2 is 0.714 bits per heavy atom. The zero-order valence-electron chi connectivity index (χ0n) is 29.2. The summed E-state index contributed by atoms with van der Waals surface area (Å²) in [5.41, 5.74) is -0.792. The SMILES string of the molecule is CCCCCCCCCCCCCCC(COC(=O)C[N+](C)(C)C)(COC(=O)C[N+](C)(C)C)COC(=O)C[N+](C)(C)C. The highest BCUT2D eigenvalue weighted by Gasteiger charge is 2.37. The van der Waals surface area contributed by atoms with Crippen LogP contribution in [-0.2, 0) is 28.6 Å². The first-order valence-corrected chi connectivity index (χ1v) is 16.2. The highest BCUT2D eigenvalue weighted by molar-refractivity contribution is 5.71. The largest absolute Gasteiger partial charge is 0.461 e. The summed E-state index contributed by atoms with van der Waals surface area (Å²) in [7, 11) is 17.4. The lowest BCUT2D eigenvalue weighted by Crippen LogP contribution is -2.46. The van der Waals surface area contributed by atoms with Gasteiger partial charge in [-0.05, 0) is 6.42 Å². The highest BCUT2D eigenvalue weighted by atomic mass is 16.6. The Kier molecular flexibility index (Phi) is 19.5. The predicted octanol–water partition coefficient (Wildman–Crippen LogP) is 4.81. The molecular formula is C33H68N3O6+3. The van der Waals surface area contributed by atoms with Crippen molar-refractivity contribution < 1.29 is 42.0 Å². The van der Waals surface area contributed by atoms with E-state index in [4.69, 9.17) is 14.2 Å². The second kappa shape index (κ2) is 20.3. The van der Waals surface area contributed by atoms with Crippen molar-refractivity contribution in [3.05, 3.63) is 0 Å². The van der Waals surface area contributed by atoms with Crippen molar-refractivity contribution in [2.45, 2.75) is 90.4 Å². The van der Waals surface area contributed by atoms with E-state index in [9.17, 15) is 14.4 Å². The fraction of sp³-hybridized carbons (Fsp3) is 0.909. The molecule has 0 aliphatic rings. The number of hydrogen-bond acceptors (Lipinski definition) is 6. The average Bonchev–Trinajstić information content (AvgIpc) is 2.82. The number of carbonyl (C=O) groups is 3. The first-order valence-electron chi connectivity index (χ1n) is 16.2. The molecule has 0 fully saturated rings. The zero-order chi connectivity index (χ0) is 32.3. The predicted molar refractivity (Wildman–Crippen MR) is 170 cm³/mol. The van der Waals surface area contributed by atoms with Crippen molar-refractivity contribution in [2.24, 2.45) is 5.41 Å². The average molecular weight is 603 g/mol. The minimum absolute atomic E-state index is 0.0408. The molecule has 0 aliphatic carbocycles.